The molecule has 0 bridgehead atoms. The Balaban J connectivity index is 1.95. The Morgan fingerprint density at radius 1 is 1.00 bits per heavy atom. The van der Waals surface area contributed by atoms with Crippen molar-refractivity contribution in [2.24, 2.45) is 0 Å². The smallest absolute Gasteiger partial charge is 0.271 e. The zero-order chi connectivity index (χ0) is 22.4. The summed E-state index contributed by atoms with van der Waals surface area (Å²) in [5, 5.41) is 9.39. The minimum atomic E-state index is -0.552. The lowest BCUT2D eigenvalue weighted by molar-refractivity contribution is -0.140. The first kappa shape index (κ1) is 21.8. The Morgan fingerprint density at radius 3 is 2.39 bits per heavy atom. The number of likely N-dealkylation sites (N-methyl/N-ethyl adjacent to an activating group) is 1. The van der Waals surface area contributed by atoms with E-state index < -0.39 is 11.8 Å². The minimum Gasteiger partial charge on any atom is -0.490 e. The lowest BCUT2D eigenvalue weighted by Crippen LogP contribution is -2.42. The topological polar surface area (TPSA) is 79.6 Å². The maximum atomic E-state index is 12.8. The van der Waals surface area contributed by atoms with Crippen molar-refractivity contribution < 1.29 is 19.1 Å². The second kappa shape index (κ2) is 9.77. The van der Waals surface area contributed by atoms with E-state index in [0.29, 0.717) is 41.4 Å². The van der Waals surface area contributed by atoms with Crippen LogP contribution in [0.5, 0.6) is 11.5 Å². The molecule has 0 aliphatic carbocycles. The number of carbonyl (C=O) groups is 2. The fourth-order valence-electron chi connectivity index (χ4n) is 3.32. The van der Waals surface area contributed by atoms with Crippen molar-refractivity contribution in [3.05, 3.63) is 76.4 Å². The summed E-state index contributed by atoms with van der Waals surface area (Å²) in [6.45, 7) is 6.26. The Morgan fingerprint density at radius 2 is 1.74 bits per heavy atom. The molecular weight excluding hydrogens is 392 g/mol. The van der Waals surface area contributed by atoms with Crippen LogP contribution in [0.4, 0.5) is 0 Å². The molecule has 0 N–H and O–H groups in total. The molecule has 2 aromatic carbocycles. The first-order valence-corrected chi connectivity index (χ1v) is 10.1. The molecule has 2 amide bonds. The molecule has 0 atom stereocenters. The van der Waals surface area contributed by atoms with Crippen molar-refractivity contribution >= 4 is 17.9 Å². The average Bonchev–Trinajstić information content (AvgIpc) is 2.78. The van der Waals surface area contributed by atoms with E-state index in [9.17, 15) is 14.9 Å². The van der Waals surface area contributed by atoms with Crippen LogP contribution in [0.1, 0.15) is 31.9 Å². The normalized spacial score (nSPS) is 15.3. The highest BCUT2D eigenvalue weighted by molar-refractivity contribution is 6.19. The number of nitrogens with zero attached hydrogens (tertiary/aromatic N) is 2. The zero-order valence-corrected chi connectivity index (χ0v) is 17.8. The Labute approximate surface area is 182 Å². The van der Waals surface area contributed by atoms with Gasteiger partial charge in [-0.25, -0.2) is 0 Å². The first-order valence-electron chi connectivity index (χ1n) is 10.1. The van der Waals surface area contributed by atoms with Crippen LogP contribution >= 0.6 is 0 Å². The highest BCUT2D eigenvalue weighted by Gasteiger charge is 2.34. The van der Waals surface area contributed by atoms with Crippen LogP contribution in [0.3, 0.4) is 0 Å². The lowest BCUT2D eigenvalue weighted by Gasteiger charge is -2.26. The number of amides is 2. The second-order valence-electron chi connectivity index (χ2n) is 6.94. The van der Waals surface area contributed by atoms with Gasteiger partial charge < -0.3 is 9.47 Å². The predicted molar refractivity (Wildman–Crippen MR) is 117 cm³/mol. The average molecular weight is 416 g/mol. The summed E-state index contributed by atoms with van der Waals surface area (Å²) in [5.74, 6) is 0.190. The van der Waals surface area contributed by atoms with Gasteiger partial charge >= 0.3 is 0 Å². The summed E-state index contributed by atoms with van der Waals surface area (Å²) in [6, 6.07) is 17.1. The molecule has 6 heteroatoms. The molecule has 31 heavy (non-hydrogen) atoms. The van der Waals surface area contributed by atoms with E-state index in [1.807, 2.05) is 49.4 Å². The van der Waals surface area contributed by atoms with Crippen molar-refractivity contribution in [2.75, 3.05) is 13.2 Å². The Bertz CT molecular complexity index is 1090. The number of benzene rings is 2. The molecular formula is C25H24N2O4. The van der Waals surface area contributed by atoms with Crippen molar-refractivity contribution in [2.45, 2.75) is 27.4 Å². The minimum absolute atomic E-state index is 0.0134. The van der Waals surface area contributed by atoms with Gasteiger partial charge in [-0.3, -0.25) is 14.5 Å². The zero-order valence-electron chi connectivity index (χ0n) is 17.8. The van der Waals surface area contributed by atoms with E-state index in [1.165, 1.54) is 0 Å². The number of imide groups is 1. The molecule has 6 nitrogen and oxygen atoms in total. The molecule has 0 radical (unpaired) electrons. The maximum Gasteiger partial charge on any atom is 0.271 e. The van der Waals surface area contributed by atoms with Crippen LogP contribution < -0.4 is 9.47 Å². The van der Waals surface area contributed by atoms with Crippen LogP contribution in [0, 0.1) is 11.3 Å². The molecule has 1 aliphatic rings. The molecule has 2 aromatic rings. The van der Waals surface area contributed by atoms with Crippen LogP contribution in [0.25, 0.3) is 6.08 Å². The van der Waals surface area contributed by atoms with Gasteiger partial charge in [-0.1, -0.05) is 36.4 Å². The fraction of sp³-hybridized carbons (Fsp3) is 0.240. The molecule has 0 fully saturated rings. The molecule has 0 saturated heterocycles. The van der Waals surface area contributed by atoms with E-state index in [-0.39, 0.29) is 12.1 Å². The number of nitriles is 1. The second-order valence-corrected chi connectivity index (χ2v) is 6.94. The lowest BCUT2D eigenvalue weighted by atomic mass is 9.93. The van der Waals surface area contributed by atoms with Crippen molar-refractivity contribution in [3.8, 4) is 17.6 Å². The van der Waals surface area contributed by atoms with Crippen molar-refractivity contribution in [1.29, 1.82) is 5.26 Å². The third kappa shape index (κ3) is 4.67. The summed E-state index contributed by atoms with van der Waals surface area (Å²) in [6.07, 6.45) is 1.67. The summed E-state index contributed by atoms with van der Waals surface area (Å²) < 4.78 is 11.7. The Kier molecular flexibility index (Phi) is 6.88. The predicted octanol–water partition coefficient (Wildman–Crippen LogP) is 4.28. The van der Waals surface area contributed by atoms with Gasteiger partial charge in [0.2, 0.25) is 0 Å². The highest BCUT2D eigenvalue weighted by Crippen LogP contribution is 2.32. The van der Waals surface area contributed by atoms with Gasteiger partial charge in [-0.2, -0.15) is 5.26 Å². The molecule has 1 aliphatic heterocycles. The van der Waals surface area contributed by atoms with Gasteiger partial charge in [0.15, 0.2) is 11.5 Å². The van der Waals surface area contributed by atoms with Gasteiger partial charge in [0.05, 0.1) is 6.61 Å². The van der Waals surface area contributed by atoms with Crippen LogP contribution in [0.15, 0.2) is 65.3 Å². The molecule has 158 valence electrons. The standard InChI is InChI=1S/C25H24N2O4/c1-4-27-24(28)20(17(3)21(15-26)25(27)29)13-19-11-12-22(23(14-19)30-5-2)31-16-18-9-7-6-8-10-18/h6-14H,4-5,16H2,1-3H3/b20-13+. The summed E-state index contributed by atoms with van der Waals surface area (Å²) in [7, 11) is 0. The molecule has 0 spiro atoms. The van der Waals surface area contributed by atoms with Crippen LogP contribution in [-0.4, -0.2) is 29.9 Å². The molecule has 3 rings (SSSR count). The van der Waals surface area contributed by atoms with Crippen LogP contribution in [-0.2, 0) is 16.2 Å². The van der Waals surface area contributed by atoms with Gasteiger partial charge in [0, 0.05) is 12.1 Å². The van der Waals surface area contributed by atoms with Gasteiger partial charge in [0.1, 0.15) is 18.2 Å². The largest absolute Gasteiger partial charge is 0.490 e. The number of rotatable bonds is 7. The Hall–Kier alpha value is -3.85. The van der Waals surface area contributed by atoms with Gasteiger partial charge in [0.25, 0.3) is 11.8 Å². The summed E-state index contributed by atoms with van der Waals surface area (Å²) in [5.41, 5.74) is 2.43. The number of ether oxygens (including phenoxy) is 2. The van der Waals surface area contributed by atoms with Gasteiger partial charge in [-0.15, -0.1) is 0 Å². The molecule has 0 unspecified atom stereocenters. The quantitative estimate of drug-likeness (QED) is 0.497. The van der Waals surface area contributed by atoms with Gasteiger partial charge in [-0.05, 0) is 55.7 Å². The first-order chi connectivity index (χ1) is 15.0. The molecule has 1 heterocycles. The third-order valence-electron chi connectivity index (χ3n) is 4.96. The highest BCUT2D eigenvalue weighted by atomic mass is 16.5. The fourth-order valence-corrected chi connectivity index (χ4v) is 3.32. The van der Waals surface area contributed by atoms with E-state index in [2.05, 4.69) is 0 Å². The molecule has 0 aromatic heterocycles. The van der Waals surface area contributed by atoms with E-state index in [0.717, 1.165) is 10.5 Å². The third-order valence-corrected chi connectivity index (χ3v) is 4.96. The van der Waals surface area contributed by atoms with Crippen LogP contribution in [0.2, 0.25) is 0 Å². The number of hydrogen-bond acceptors (Lipinski definition) is 5. The number of carbonyl (C=O) groups excluding carboxylic acids is 2. The van der Waals surface area contributed by atoms with E-state index in [1.54, 1.807) is 32.1 Å². The summed E-state index contributed by atoms with van der Waals surface area (Å²) in [4.78, 5) is 26.2. The summed E-state index contributed by atoms with van der Waals surface area (Å²) >= 11 is 0. The number of hydrogen-bond donors (Lipinski definition) is 0. The monoisotopic (exact) mass is 416 g/mol. The van der Waals surface area contributed by atoms with E-state index >= 15 is 0 Å². The van der Waals surface area contributed by atoms with E-state index in [4.69, 9.17) is 9.47 Å². The molecule has 0 saturated carbocycles. The maximum absolute atomic E-state index is 12.8. The SMILES string of the molecule is CCOc1cc(/C=C2/C(=O)N(CC)C(=O)C(C#N)=C2C)ccc1OCc1ccccc1. The van der Waals surface area contributed by atoms with Crippen molar-refractivity contribution in [3.63, 3.8) is 0 Å². The van der Waals surface area contributed by atoms with Crippen molar-refractivity contribution in [1.82, 2.24) is 4.90 Å².